The van der Waals surface area contributed by atoms with Crippen LogP contribution in [0.2, 0.25) is 0 Å². The van der Waals surface area contributed by atoms with Crippen molar-refractivity contribution in [1.29, 1.82) is 0 Å². The third-order valence-electron chi connectivity index (χ3n) is 1.67. The zero-order valence-corrected chi connectivity index (χ0v) is 7.88. The van der Waals surface area contributed by atoms with Crippen LogP contribution in [0.15, 0.2) is 24.8 Å². The summed E-state index contributed by atoms with van der Waals surface area (Å²) in [5, 5.41) is 18.9. The molecule has 0 saturated carbocycles. The first-order chi connectivity index (χ1) is 5.37. The molecule has 0 saturated heterocycles. The van der Waals surface area contributed by atoms with Crippen LogP contribution in [0.4, 0.5) is 0 Å². The quantitative estimate of drug-likeness (QED) is 0.616. The molecule has 0 amide bonds. The summed E-state index contributed by atoms with van der Waals surface area (Å²) in [5.74, 6) is 0. The van der Waals surface area contributed by atoms with Gasteiger partial charge in [-0.15, -0.1) is 13.2 Å². The van der Waals surface area contributed by atoms with Gasteiger partial charge in [-0.1, -0.05) is 11.6 Å². The molecule has 0 radical (unpaired) electrons. The van der Waals surface area contributed by atoms with E-state index in [-0.39, 0.29) is 0 Å². The minimum Gasteiger partial charge on any atom is -0.393 e. The highest BCUT2D eigenvalue weighted by Crippen LogP contribution is 2.16. The molecule has 0 aliphatic heterocycles. The fourth-order valence-electron chi connectivity index (χ4n) is 1.03. The van der Waals surface area contributed by atoms with Gasteiger partial charge in [0.05, 0.1) is 11.7 Å². The molecule has 2 atom stereocenters. The van der Waals surface area contributed by atoms with Crippen molar-refractivity contribution >= 4 is 0 Å². The molecule has 2 N–H and O–H groups in total. The van der Waals surface area contributed by atoms with Crippen LogP contribution in [0.3, 0.4) is 0 Å². The summed E-state index contributed by atoms with van der Waals surface area (Å²) in [6.07, 6.45) is 1.75. The second-order valence-electron chi connectivity index (χ2n) is 3.58. The van der Waals surface area contributed by atoms with Crippen LogP contribution in [0.5, 0.6) is 0 Å². The van der Waals surface area contributed by atoms with Crippen LogP contribution in [0.1, 0.15) is 26.7 Å². The summed E-state index contributed by atoms with van der Waals surface area (Å²) in [5.41, 5.74) is -0.0585. The lowest BCUT2D eigenvalue weighted by Gasteiger charge is -2.22. The maximum atomic E-state index is 9.50. The molecule has 0 rings (SSSR count). The molecule has 0 aliphatic carbocycles. The SMILES string of the molecule is C=C[C@@](C)(O)C[C@@H](O)CC(=C)C. The maximum Gasteiger partial charge on any atom is 0.0821 e. The van der Waals surface area contributed by atoms with Gasteiger partial charge in [0.2, 0.25) is 0 Å². The molecular weight excluding hydrogens is 152 g/mol. The molecule has 0 spiro atoms. The van der Waals surface area contributed by atoms with Crippen molar-refractivity contribution in [2.45, 2.75) is 38.4 Å². The van der Waals surface area contributed by atoms with E-state index in [4.69, 9.17) is 0 Å². The number of rotatable bonds is 5. The summed E-state index contributed by atoms with van der Waals surface area (Å²) < 4.78 is 0. The minimum absolute atomic E-state index is 0.309. The summed E-state index contributed by atoms with van der Waals surface area (Å²) in [4.78, 5) is 0. The zero-order chi connectivity index (χ0) is 9.78. The molecule has 2 nitrogen and oxygen atoms in total. The predicted molar refractivity (Wildman–Crippen MR) is 50.9 cm³/mol. The van der Waals surface area contributed by atoms with Gasteiger partial charge in [0, 0.05) is 6.42 Å². The summed E-state index contributed by atoms with van der Waals surface area (Å²) >= 11 is 0. The number of hydrogen-bond acceptors (Lipinski definition) is 2. The van der Waals surface area contributed by atoms with Crippen LogP contribution in [0.25, 0.3) is 0 Å². The average molecular weight is 170 g/mol. The average Bonchev–Trinajstić information content (AvgIpc) is 1.84. The monoisotopic (exact) mass is 170 g/mol. The molecule has 0 fully saturated rings. The molecule has 0 aromatic heterocycles. The predicted octanol–water partition coefficient (Wildman–Crippen LogP) is 1.64. The van der Waals surface area contributed by atoms with E-state index in [0.29, 0.717) is 12.8 Å². The molecule has 0 aliphatic rings. The first kappa shape index (κ1) is 11.4. The number of hydrogen-bond donors (Lipinski definition) is 2. The fourth-order valence-corrected chi connectivity index (χ4v) is 1.03. The van der Waals surface area contributed by atoms with Crippen molar-refractivity contribution in [3.05, 3.63) is 24.8 Å². The summed E-state index contributed by atoms with van der Waals surface area (Å²) in [7, 11) is 0. The van der Waals surface area contributed by atoms with Gasteiger partial charge in [-0.25, -0.2) is 0 Å². The Morgan fingerprint density at radius 2 is 2.17 bits per heavy atom. The summed E-state index contributed by atoms with van der Waals surface area (Å²) in [6, 6.07) is 0. The molecule has 0 heterocycles. The Balaban J connectivity index is 3.91. The van der Waals surface area contributed by atoms with Gasteiger partial charge < -0.3 is 10.2 Å². The Labute approximate surface area is 74.2 Å². The molecular formula is C10H18O2. The normalized spacial score (nSPS) is 18.0. The molecule has 12 heavy (non-hydrogen) atoms. The minimum atomic E-state index is -0.977. The molecule has 0 aromatic carbocycles. The maximum absolute atomic E-state index is 9.50. The van der Waals surface area contributed by atoms with Crippen LogP contribution in [-0.4, -0.2) is 21.9 Å². The smallest absolute Gasteiger partial charge is 0.0821 e. The van der Waals surface area contributed by atoms with Gasteiger partial charge >= 0.3 is 0 Å². The van der Waals surface area contributed by atoms with Gasteiger partial charge in [-0.05, 0) is 20.3 Å². The van der Waals surface area contributed by atoms with Crippen molar-refractivity contribution in [2.75, 3.05) is 0 Å². The Morgan fingerprint density at radius 1 is 1.67 bits per heavy atom. The fraction of sp³-hybridized carbons (Fsp3) is 0.600. The van der Waals surface area contributed by atoms with Gasteiger partial charge in [0.1, 0.15) is 0 Å². The van der Waals surface area contributed by atoms with E-state index in [1.54, 1.807) is 6.92 Å². The van der Waals surface area contributed by atoms with E-state index < -0.39 is 11.7 Å². The zero-order valence-electron chi connectivity index (χ0n) is 7.88. The summed E-state index contributed by atoms with van der Waals surface area (Å²) in [6.45, 7) is 10.6. The lowest BCUT2D eigenvalue weighted by atomic mass is 9.95. The van der Waals surface area contributed by atoms with Gasteiger partial charge in [0.15, 0.2) is 0 Å². The molecule has 70 valence electrons. The number of aliphatic hydroxyl groups is 2. The van der Waals surface area contributed by atoms with Crippen molar-refractivity contribution in [1.82, 2.24) is 0 Å². The van der Waals surface area contributed by atoms with Gasteiger partial charge in [0.25, 0.3) is 0 Å². The van der Waals surface area contributed by atoms with Gasteiger partial charge in [-0.3, -0.25) is 0 Å². The van der Waals surface area contributed by atoms with E-state index >= 15 is 0 Å². The second-order valence-corrected chi connectivity index (χ2v) is 3.58. The highest BCUT2D eigenvalue weighted by atomic mass is 16.3. The number of aliphatic hydroxyl groups excluding tert-OH is 1. The molecule has 2 heteroatoms. The molecule has 0 bridgehead atoms. The van der Waals surface area contributed by atoms with Crippen molar-refractivity contribution in [2.24, 2.45) is 0 Å². The second kappa shape index (κ2) is 4.43. The van der Waals surface area contributed by atoms with Crippen molar-refractivity contribution in [3.63, 3.8) is 0 Å². The first-order valence-electron chi connectivity index (χ1n) is 4.06. The Kier molecular flexibility index (Phi) is 4.21. The lowest BCUT2D eigenvalue weighted by molar-refractivity contribution is 0.0409. The third kappa shape index (κ3) is 5.10. The van der Waals surface area contributed by atoms with Crippen LogP contribution in [-0.2, 0) is 0 Å². The largest absolute Gasteiger partial charge is 0.393 e. The topological polar surface area (TPSA) is 40.5 Å². The van der Waals surface area contributed by atoms with E-state index in [0.717, 1.165) is 5.57 Å². The van der Waals surface area contributed by atoms with Crippen molar-refractivity contribution < 1.29 is 10.2 Å². The van der Waals surface area contributed by atoms with E-state index in [1.165, 1.54) is 6.08 Å². The lowest BCUT2D eigenvalue weighted by Crippen LogP contribution is -2.27. The molecule has 0 unspecified atom stereocenters. The first-order valence-corrected chi connectivity index (χ1v) is 4.06. The Bertz CT molecular complexity index is 171. The molecule has 0 aromatic rings. The highest BCUT2D eigenvalue weighted by molar-refractivity contribution is 4.97. The standard InChI is InChI=1S/C10H18O2/c1-5-10(4,12)7-9(11)6-8(2)3/h5,9,11-12H,1-2,6-7H2,3-4H3/t9-,10+/m0/s1. The third-order valence-corrected chi connectivity index (χ3v) is 1.67. The Morgan fingerprint density at radius 3 is 2.50 bits per heavy atom. The van der Waals surface area contributed by atoms with E-state index in [1.807, 2.05) is 6.92 Å². The van der Waals surface area contributed by atoms with Crippen LogP contribution in [0, 0.1) is 0 Å². The van der Waals surface area contributed by atoms with Crippen molar-refractivity contribution in [3.8, 4) is 0 Å². The van der Waals surface area contributed by atoms with E-state index in [9.17, 15) is 10.2 Å². The van der Waals surface area contributed by atoms with Gasteiger partial charge in [-0.2, -0.15) is 0 Å². The van der Waals surface area contributed by atoms with E-state index in [2.05, 4.69) is 13.2 Å². The Hall–Kier alpha value is -0.600. The van der Waals surface area contributed by atoms with Crippen LogP contribution >= 0.6 is 0 Å². The highest BCUT2D eigenvalue weighted by Gasteiger charge is 2.20. The van der Waals surface area contributed by atoms with Crippen LogP contribution < -0.4 is 0 Å².